The molecular formula is C17H27N3O2. The molecule has 3 rings (SSSR count). The monoisotopic (exact) mass is 305 g/mol. The van der Waals surface area contributed by atoms with Crippen molar-refractivity contribution in [3.8, 4) is 5.75 Å². The van der Waals surface area contributed by atoms with E-state index in [4.69, 9.17) is 0 Å². The summed E-state index contributed by atoms with van der Waals surface area (Å²) in [5, 5.41) is 23.8. The molecule has 3 N–H and O–H groups in total. The first-order chi connectivity index (χ1) is 10.7. The number of aromatic hydroxyl groups is 1. The summed E-state index contributed by atoms with van der Waals surface area (Å²) in [7, 11) is 0. The molecule has 1 aromatic heterocycles. The van der Waals surface area contributed by atoms with Crippen LogP contribution in [0, 0.1) is 12.8 Å². The molecule has 5 heteroatoms. The van der Waals surface area contributed by atoms with Gasteiger partial charge in [-0.25, -0.2) is 0 Å². The number of nitrogens with one attached hydrogen (secondary N) is 1. The highest BCUT2D eigenvalue weighted by atomic mass is 16.3. The Bertz CT molecular complexity index is 509. The molecule has 1 aliphatic carbocycles. The van der Waals surface area contributed by atoms with E-state index in [-0.39, 0.29) is 18.4 Å². The second-order valence-electron chi connectivity index (χ2n) is 6.56. The van der Waals surface area contributed by atoms with E-state index in [1.165, 1.54) is 25.7 Å². The molecule has 0 aromatic carbocycles. The first-order valence-corrected chi connectivity index (χ1v) is 8.45. The Morgan fingerprint density at radius 3 is 2.64 bits per heavy atom. The van der Waals surface area contributed by atoms with Gasteiger partial charge in [-0.05, 0) is 25.7 Å². The molecule has 1 saturated heterocycles. The van der Waals surface area contributed by atoms with Gasteiger partial charge in [-0.2, -0.15) is 0 Å². The molecule has 122 valence electrons. The number of aryl methyl sites for hydroxylation is 1. The van der Waals surface area contributed by atoms with E-state index in [1.54, 1.807) is 6.20 Å². The molecule has 1 saturated carbocycles. The van der Waals surface area contributed by atoms with E-state index in [2.05, 4.69) is 15.2 Å². The van der Waals surface area contributed by atoms with E-state index in [0.717, 1.165) is 37.3 Å². The van der Waals surface area contributed by atoms with Crippen LogP contribution in [0.5, 0.6) is 5.75 Å². The zero-order chi connectivity index (χ0) is 15.5. The SMILES string of the molecule is Cc1ncc(CO)c([C@H](C2CCCC2)N2CCNCC2)c1O. The molecule has 22 heavy (non-hydrogen) atoms. The van der Waals surface area contributed by atoms with Crippen LogP contribution in [0.1, 0.15) is 48.5 Å². The molecular weight excluding hydrogens is 278 g/mol. The van der Waals surface area contributed by atoms with Crippen molar-refractivity contribution in [3.63, 3.8) is 0 Å². The standard InChI is InChI=1S/C17H27N3O2/c1-12-17(22)15(14(11-21)10-19-12)16(13-4-2-3-5-13)20-8-6-18-7-9-20/h10,13,16,18,21-22H,2-9,11H2,1H3/t16-/m0/s1. The molecule has 1 aromatic rings. The smallest absolute Gasteiger partial charge is 0.141 e. The molecule has 0 bridgehead atoms. The lowest BCUT2D eigenvalue weighted by molar-refractivity contribution is 0.120. The summed E-state index contributed by atoms with van der Waals surface area (Å²) in [6, 6.07) is 0.202. The average molecular weight is 305 g/mol. The van der Waals surface area contributed by atoms with Gasteiger partial charge in [0, 0.05) is 49.5 Å². The van der Waals surface area contributed by atoms with E-state index >= 15 is 0 Å². The summed E-state index contributed by atoms with van der Waals surface area (Å²) in [6.45, 7) is 5.74. The normalized spacial score (nSPS) is 22.1. The van der Waals surface area contributed by atoms with Crippen LogP contribution in [0.15, 0.2) is 6.20 Å². The maximum Gasteiger partial charge on any atom is 0.141 e. The quantitative estimate of drug-likeness (QED) is 0.790. The first-order valence-electron chi connectivity index (χ1n) is 8.45. The highest BCUT2D eigenvalue weighted by Gasteiger charge is 2.35. The van der Waals surface area contributed by atoms with E-state index in [1.807, 2.05) is 6.92 Å². The molecule has 1 aliphatic heterocycles. The summed E-state index contributed by atoms with van der Waals surface area (Å²) < 4.78 is 0. The molecule has 0 amide bonds. The molecule has 0 unspecified atom stereocenters. The van der Waals surface area contributed by atoms with E-state index < -0.39 is 0 Å². The molecule has 2 fully saturated rings. The van der Waals surface area contributed by atoms with E-state index in [9.17, 15) is 10.2 Å². The van der Waals surface area contributed by atoms with Crippen LogP contribution in [-0.4, -0.2) is 46.3 Å². The molecule has 1 atom stereocenters. The fourth-order valence-corrected chi connectivity index (χ4v) is 4.06. The third-order valence-corrected chi connectivity index (χ3v) is 5.22. The van der Waals surface area contributed by atoms with E-state index in [0.29, 0.717) is 11.6 Å². The van der Waals surface area contributed by atoms with Gasteiger partial charge in [0.25, 0.3) is 0 Å². The van der Waals surface area contributed by atoms with Crippen molar-refractivity contribution in [2.24, 2.45) is 5.92 Å². The Morgan fingerprint density at radius 2 is 2.00 bits per heavy atom. The van der Waals surface area contributed by atoms with Gasteiger partial charge in [-0.1, -0.05) is 12.8 Å². The van der Waals surface area contributed by atoms with Gasteiger partial charge in [0.05, 0.1) is 12.3 Å². The summed E-state index contributed by atoms with van der Waals surface area (Å²) in [6.07, 6.45) is 6.69. The lowest BCUT2D eigenvalue weighted by atomic mass is 9.87. The van der Waals surface area contributed by atoms with Gasteiger partial charge >= 0.3 is 0 Å². The van der Waals surface area contributed by atoms with Crippen LogP contribution in [0.2, 0.25) is 0 Å². The minimum atomic E-state index is -0.0640. The number of pyridine rings is 1. The number of aliphatic hydroxyl groups is 1. The molecule has 5 nitrogen and oxygen atoms in total. The third kappa shape index (κ3) is 2.98. The Hall–Kier alpha value is -1.17. The number of piperazine rings is 1. The molecule has 2 heterocycles. The van der Waals surface area contributed by atoms with Crippen molar-refractivity contribution in [2.45, 2.75) is 45.3 Å². The van der Waals surface area contributed by atoms with Gasteiger partial charge in [-0.15, -0.1) is 0 Å². The highest BCUT2D eigenvalue weighted by Crippen LogP contribution is 2.44. The lowest BCUT2D eigenvalue weighted by Crippen LogP contribution is -2.47. The largest absolute Gasteiger partial charge is 0.506 e. The third-order valence-electron chi connectivity index (χ3n) is 5.22. The zero-order valence-corrected chi connectivity index (χ0v) is 13.4. The first kappa shape index (κ1) is 15.7. The molecule has 0 radical (unpaired) electrons. The second-order valence-corrected chi connectivity index (χ2v) is 6.56. The Morgan fingerprint density at radius 1 is 1.32 bits per heavy atom. The fourth-order valence-electron chi connectivity index (χ4n) is 4.06. The topological polar surface area (TPSA) is 68.6 Å². The minimum Gasteiger partial charge on any atom is -0.506 e. The average Bonchev–Trinajstić information content (AvgIpc) is 3.07. The van der Waals surface area contributed by atoms with Crippen molar-refractivity contribution >= 4 is 0 Å². The number of aromatic nitrogens is 1. The summed E-state index contributed by atoms with van der Waals surface area (Å²) in [5.41, 5.74) is 2.35. The molecule has 2 aliphatic rings. The van der Waals surface area contributed by atoms with Crippen LogP contribution in [0.3, 0.4) is 0 Å². The van der Waals surface area contributed by atoms with Gasteiger partial charge in [0.2, 0.25) is 0 Å². The summed E-state index contributed by atoms with van der Waals surface area (Å²) in [4.78, 5) is 6.71. The van der Waals surface area contributed by atoms with Crippen molar-refractivity contribution in [1.82, 2.24) is 15.2 Å². The maximum atomic E-state index is 10.7. The molecule has 0 spiro atoms. The van der Waals surface area contributed by atoms with Gasteiger partial charge in [0.15, 0.2) is 0 Å². The number of aliphatic hydroxyl groups excluding tert-OH is 1. The fraction of sp³-hybridized carbons (Fsp3) is 0.706. The van der Waals surface area contributed by atoms with Gasteiger partial charge < -0.3 is 15.5 Å². The number of nitrogens with zero attached hydrogens (tertiary/aromatic N) is 2. The van der Waals surface area contributed by atoms with Crippen molar-refractivity contribution < 1.29 is 10.2 Å². The van der Waals surface area contributed by atoms with Crippen LogP contribution in [-0.2, 0) is 6.61 Å². The zero-order valence-electron chi connectivity index (χ0n) is 13.4. The van der Waals surface area contributed by atoms with Gasteiger partial charge in [0.1, 0.15) is 5.75 Å². The summed E-state index contributed by atoms with van der Waals surface area (Å²) in [5.74, 6) is 0.845. The van der Waals surface area contributed by atoms with Crippen LogP contribution >= 0.6 is 0 Å². The Balaban J connectivity index is 2.02. The summed E-state index contributed by atoms with van der Waals surface area (Å²) >= 11 is 0. The highest BCUT2D eigenvalue weighted by molar-refractivity contribution is 5.43. The predicted octanol–water partition coefficient (Wildman–Crippen LogP) is 1.72. The second kappa shape index (κ2) is 6.94. The maximum absolute atomic E-state index is 10.7. The minimum absolute atomic E-state index is 0.0640. The van der Waals surface area contributed by atoms with Crippen LogP contribution in [0.25, 0.3) is 0 Å². The van der Waals surface area contributed by atoms with Gasteiger partial charge in [-0.3, -0.25) is 9.88 Å². The van der Waals surface area contributed by atoms with Crippen LogP contribution < -0.4 is 5.32 Å². The number of hydrogen-bond donors (Lipinski definition) is 3. The lowest BCUT2D eigenvalue weighted by Gasteiger charge is -2.39. The number of rotatable bonds is 4. The Kier molecular flexibility index (Phi) is 4.96. The van der Waals surface area contributed by atoms with Crippen molar-refractivity contribution in [3.05, 3.63) is 23.0 Å². The predicted molar refractivity (Wildman–Crippen MR) is 85.7 cm³/mol. The van der Waals surface area contributed by atoms with Crippen LogP contribution in [0.4, 0.5) is 0 Å². The van der Waals surface area contributed by atoms with Crippen molar-refractivity contribution in [1.29, 1.82) is 0 Å². The Labute approximate surface area is 132 Å². The number of hydrogen-bond acceptors (Lipinski definition) is 5. The van der Waals surface area contributed by atoms with Crippen molar-refractivity contribution in [2.75, 3.05) is 26.2 Å².